The molecule has 0 saturated heterocycles. The molecule has 2 aromatic heterocycles. The number of rotatable bonds is 6. The summed E-state index contributed by atoms with van der Waals surface area (Å²) in [5, 5.41) is 6.11. The molecule has 0 radical (unpaired) electrons. The van der Waals surface area contributed by atoms with E-state index in [0.717, 1.165) is 16.8 Å². The summed E-state index contributed by atoms with van der Waals surface area (Å²) in [6.07, 6.45) is 2.50. The zero-order valence-corrected chi connectivity index (χ0v) is 15.3. The van der Waals surface area contributed by atoms with Gasteiger partial charge in [0.2, 0.25) is 5.91 Å². The third-order valence-electron chi connectivity index (χ3n) is 4.05. The SMILES string of the molecule is CC[C@H](NC(=O)CCn1cnc2sccc2c1=O)c1ccc(Cl)cc1. The van der Waals surface area contributed by atoms with Crippen LogP contribution < -0.4 is 10.9 Å². The first-order chi connectivity index (χ1) is 12.1. The highest BCUT2D eigenvalue weighted by atomic mass is 35.5. The smallest absolute Gasteiger partial charge is 0.262 e. The maximum atomic E-state index is 12.3. The van der Waals surface area contributed by atoms with E-state index in [-0.39, 0.29) is 23.9 Å². The van der Waals surface area contributed by atoms with Gasteiger partial charge < -0.3 is 5.32 Å². The molecule has 1 amide bonds. The Morgan fingerprint density at radius 1 is 1.32 bits per heavy atom. The van der Waals surface area contributed by atoms with Gasteiger partial charge in [-0.15, -0.1) is 11.3 Å². The van der Waals surface area contributed by atoms with Crippen molar-refractivity contribution in [3.63, 3.8) is 0 Å². The Morgan fingerprint density at radius 3 is 2.80 bits per heavy atom. The average Bonchev–Trinajstić information content (AvgIpc) is 3.09. The molecule has 3 rings (SSSR count). The van der Waals surface area contributed by atoms with Crippen molar-refractivity contribution in [2.75, 3.05) is 0 Å². The number of nitrogens with zero attached hydrogens (tertiary/aromatic N) is 2. The Morgan fingerprint density at radius 2 is 2.08 bits per heavy atom. The van der Waals surface area contributed by atoms with Crippen molar-refractivity contribution in [2.24, 2.45) is 0 Å². The number of halogens is 1. The number of benzene rings is 1. The lowest BCUT2D eigenvalue weighted by Gasteiger charge is -2.17. The summed E-state index contributed by atoms with van der Waals surface area (Å²) in [7, 11) is 0. The molecule has 130 valence electrons. The number of carbonyl (C=O) groups excluding carboxylic acids is 1. The van der Waals surface area contributed by atoms with E-state index in [9.17, 15) is 9.59 Å². The van der Waals surface area contributed by atoms with E-state index in [4.69, 9.17) is 11.6 Å². The topological polar surface area (TPSA) is 64.0 Å². The third kappa shape index (κ3) is 4.08. The molecule has 0 unspecified atom stereocenters. The molecule has 0 bridgehead atoms. The zero-order valence-electron chi connectivity index (χ0n) is 13.7. The fraction of sp³-hybridized carbons (Fsp3) is 0.278. The van der Waals surface area contributed by atoms with E-state index in [0.29, 0.717) is 17.0 Å². The summed E-state index contributed by atoms with van der Waals surface area (Å²) < 4.78 is 1.48. The highest BCUT2D eigenvalue weighted by Gasteiger charge is 2.13. The molecule has 0 aliphatic carbocycles. The lowest BCUT2D eigenvalue weighted by molar-refractivity contribution is -0.122. The molecule has 1 N–H and O–H groups in total. The van der Waals surface area contributed by atoms with E-state index >= 15 is 0 Å². The summed E-state index contributed by atoms with van der Waals surface area (Å²) in [4.78, 5) is 29.6. The van der Waals surface area contributed by atoms with Crippen molar-refractivity contribution in [3.8, 4) is 0 Å². The Labute approximate surface area is 154 Å². The van der Waals surface area contributed by atoms with Gasteiger partial charge in [-0.1, -0.05) is 30.7 Å². The Bertz CT molecular complexity index is 933. The first kappa shape index (κ1) is 17.6. The minimum atomic E-state index is -0.108. The lowest BCUT2D eigenvalue weighted by Crippen LogP contribution is -2.30. The van der Waals surface area contributed by atoms with Crippen molar-refractivity contribution >= 4 is 39.1 Å². The maximum Gasteiger partial charge on any atom is 0.262 e. The van der Waals surface area contributed by atoms with Crippen molar-refractivity contribution in [3.05, 3.63) is 63.0 Å². The number of nitrogens with one attached hydrogen (secondary N) is 1. The number of hydrogen-bond donors (Lipinski definition) is 1. The lowest BCUT2D eigenvalue weighted by atomic mass is 10.0. The summed E-state index contributed by atoms with van der Waals surface area (Å²) >= 11 is 7.34. The molecule has 5 nitrogen and oxygen atoms in total. The van der Waals surface area contributed by atoms with E-state index in [1.165, 1.54) is 22.2 Å². The second-order valence-corrected chi connectivity index (χ2v) is 7.04. The molecule has 0 aliphatic rings. The molecule has 1 atom stereocenters. The van der Waals surface area contributed by atoms with Gasteiger partial charge in [0.15, 0.2) is 0 Å². The van der Waals surface area contributed by atoms with Crippen LogP contribution in [0.5, 0.6) is 0 Å². The number of aryl methyl sites for hydroxylation is 1. The molecule has 25 heavy (non-hydrogen) atoms. The minimum Gasteiger partial charge on any atom is -0.349 e. The van der Waals surface area contributed by atoms with E-state index < -0.39 is 0 Å². The molecule has 3 aromatic rings. The molecule has 0 saturated carbocycles. The van der Waals surface area contributed by atoms with Gasteiger partial charge in [-0.2, -0.15) is 0 Å². The first-order valence-electron chi connectivity index (χ1n) is 8.06. The number of carbonyl (C=O) groups is 1. The number of amides is 1. The van der Waals surface area contributed by atoms with Crippen LogP contribution in [-0.4, -0.2) is 15.5 Å². The van der Waals surface area contributed by atoms with Gasteiger partial charge in [0.1, 0.15) is 4.83 Å². The fourth-order valence-electron chi connectivity index (χ4n) is 2.66. The largest absolute Gasteiger partial charge is 0.349 e. The predicted octanol–water partition coefficient (Wildman–Crippen LogP) is 3.77. The van der Waals surface area contributed by atoms with Crippen LogP contribution >= 0.6 is 22.9 Å². The van der Waals surface area contributed by atoms with Crippen molar-refractivity contribution in [1.29, 1.82) is 0 Å². The van der Waals surface area contributed by atoms with Crippen molar-refractivity contribution < 1.29 is 4.79 Å². The molecule has 2 heterocycles. The molecule has 1 aromatic carbocycles. The van der Waals surface area contributed by atoms with Gasteiger partial charge in [-0.3, -0.25) is 14.2 Å². The summed E-state index contributed by atoms with van der Waals surface area (Å²) in [5.74, 6) is -0.0980. The van der Waals surface area contributed by atoms with Crippen molar-refractivity contribution in [2.45, 2.75) is 32.4 Å². The van der Waals surface area contributed by atoms with E-state index in [1.54, 1.807) is 6.07 Å². The fourth-order valence-corrected chi connectivity index (χ4v) is 3.51. The number of aromatic nitrogens is 2. The molecule has 7 heteroatoms. The summed E-state index contributed by atoms with van der Waals surface area (Å²) in [6, 6.07) is 9.14. The monoisotopic (exact) mass is 375 g/mol. The second-order valence-electron chi connectivity index (χ2n) is 5.71. The molecule has 0 spiro atoms. The Hall–Kier alpha value is -2.18. The number of hydrogen-bond acceptors (Lipinski definition) is 4. The quantitative estimate of drug-likeness (QED) is 0.713. The molecular weight excluding hydrogens is 358 g/mol. The normalized spacial score (nSPS) is 12.2. The molecule has 0 fully saturated rings. The predicted molar refractivity (Wildman–Crippen MR) is 101 cm³/mol. The molecule has 0 aliphatic heterocycles. The maximum absolute atomic E-state index is 12.3. The number of thiophene rings is 1. The van der Waals surface area contributed by atoms with Gasteiger partial charge in [0.25, 0.3) is 5.56 Å². The second kappa shape index (κ2) is 7.80. The van der Waals surface area contributed by atoms with Crippen LogP contribution in [-0.2, 0) is 11.3 Å². The van der Waals surface area contributed by atoms with E-state index in [1.807, 2.05) is 36.6 Å². The average molecular weight is 376 g/mol. The van der Waals surface area contributed by atoms with Crippen LogP contribution in [0.15, 0.2) is 46.8 Å². The highest BCUT2D eigenvalue weighted by molar-refractivity contribution is 7.16. The summed E-state index contributed by atoms with van der Waals surface area (Å²) in [5.41, 5.74) is 0.905. The molecular formula is C18H18ClN3O2S. The van der Waals surface area contributed by atoms with Crippen LogP contribution in [0, 0.1) is 0 Å². The van der Waals surface area contributed by atoms with Gasteiger partial charge in [0, 0.05) is 18.0 Å². The Balaban J connectivity index is 1.64. The van der Waals surface area contributed by atoms with Gasteiger partial charge in [-0.25, -0.2) is 4.98 Å². The highest BCUT2D eigenvalue weighted by Crippen LogP contribution is 2.19. The zero-order chi connectivity index (χ0) is 17.8. The van der Waals surface area contributed by atoms with E-state index in [2.05, 4.69) is 10.3 Å². The standard InChI is InChI=1S/C18H18ClN3O2S/c1-2-15(12-3-5-13(19)6-4-12)21-16(23)7-9-22-11-20-17-14(18(22)24)8-10-25-17/h3-6,8,10-11,15H,2,7,9H2,1H3,(H,21,23)/t15-/m0/s1. The van der Waals surface area contributed by atoms with Crippen LogP contribution in [0.2, 0.25) is 5.02 Å². The van der Waals surface area contributed by atoms with Crippen molar-refractivity contribution in [1.82, 2.24) is 14.9 Å². The van der Waals surface area contributed by atoms with Gasteiger partial charge >= 0.3 is 0 Å². The van der Waals surface area contributed by atoms with Crippen LogP contribution in [0.4, 0.5) is 0 Å². The van der Waals surface area contributed by atoms with Crippen LogP contribution in [0.1, 0.15) is 31.4 Å². The number of fused-ring (bicyclic) bond motifs is 1. The Kier molecular flexibility index (Phi) is 5.50. The third-order valence-corrected chi connectivity index (χ3v) is 5.12. The van der Waals surface area contributed by atoms with Gasteiger partial charge in [-0.05, 0) is 35.6 Å². The summed E-state index contributed by atoms with van der Waals surface area (Å²) in [6.45, 7) is 2.32. The van der Waals surface area contributed by atoms with Crippen LogP contribution in [0.3, 0.4) is 0 Å². The minimum absolute atomic E-state index is 0.0704. The first-order valence-corrected chi connectivity index (χ1v) is 9.31. The van der Waals surface area contributed by atoms with Gasteiger partial charge in [0.05, 0.1) is 17.8 Å². The van der Waals surface area contributed by atoms with Crippen LogP contribution in [0.25, 0.3) is 10.2 Å².